The molecular weight excluding hydrogens is 256 g/mol. The molecule has 16 heavy (non-hydrogen) atoms. The minimum Gasteiger partial charge on any atom is -0.323 e. The van der Waals surface area contributed by atoms with E-state index in [4.69, 9.17) is 0 Å². The lowest BCUT2D eigenvalue weighted by Crippen LogP contribution is -2.58. The van der Waals surface area contributed by atoms with Gasteiger partial charge >= 0.3 is 24.2 Å². The Morgan fingerprint density at radius 3 is 1.44 bits per heavy atom. The SMILES string of the molecule is CC1OC(C(F)(F)F)(C(F)(F)F)OC1(F)F. The molecule has 1 atom stereocenters. The molecule has 1 heterocycles. The van der Waals surface area contributed by atoms with Crippen molar-refractivity contribution < 1.29 is 44.6 Å². The van der Waals surface area contributed by atoms with Crippen LogP contribution in [0.3, 0.4) is 0 Å². The van der Waals surface area contributed by atoms with E-state index in [1.165, 1.54) is 0 Å². The van der Waals surface area contributed by atoms with Gasteiger partial charge in [0.1, 0.15) is 6.10 Å². The van der Waals surface area contributed by atoms with Crippen LogP contribution < -0.4 is 0 Å². The van der Waals surface area contributed by atoms with Gasteiger partial charge in [-0.05, 0) is 6.92 Å². The highest BCUT2D eigenvalue weighted by Gasteiger charge is 2.82. The van der Waals surface area contributed by atoms with Gasteiger partial charge in [0.05, 0.1) is 0 Å². The number of hydrogen-bond donors (Lipinski definition) is 0. The molecule has 0 amide bonds. The van der Waals surface area contributed by atoms with Crippen LogP contribution in [0.5, 0.6) is 0 Å². The molecule has 0 saturated carbocycles. The number of alkyl halides is 8. The molecule has 0 bridgehead atoms. The third-order valence-corrected chi connectivity index (χ3v) is 1.84. The third kappa shape index (κ3) is 1.73. The molecule has 96 valence electrons. The topological polar surface area (TPSA) is 18.5 Å². The molecule has 1 aliphatic heterocycles. The Morgan fingerprint density at radius 2 is 1.31 bits per heavy atom. The minimum absolute atomic E-state index is 0.346. The van der Waals surface area contributed by atoms with E-state index in [1.54, 1.807) is 0 Å². The highest BCUT2D eigenvalue weighted by molar-refractivity contribution is 4.94. The van der Waals surface area contributed by atoms with Crippen LogP contribution in [0.1, 0.15) is 6.92 Å². The monoisotopic (exact) mass is 260 g/mol. The van der Waals surface area contributed by atoms with Crippen molar-refractivity contribution in [2.24, 2.45) is 0 Å². The lowest BCUT2D eigenvalue weighted by molar-refractivity contribution is -0.461. The number of halogens is 8. The fourth-order valence-electron chi connectivity index (χ4n) is 1.03. The van der Waals surface area contributed by atoms with Crippen LogP contribution in [0, 0.1) is 0 Å². The summed E-state index contributed by atoms with van der Waals surface area (Å²) in [5.74, 6) is -5.27. The fourth-order valence-corrected chi connectivity index (χ4v) is 1.03. The predicted molar refractivity (Wildman–Crippen MR) is 31.4 cm³/mol. The van der Waals surface area contributed by atoms with Gasteiger partial charge in [0, 0.05) is 0 Å². The minimum atomic E-state index is -6.15. The van der Waals surface area contributed by atoms with E-state index in [-0.39, 0.29) is 0 Å². The average Bonchev–Trinajstić information content (AvgIpc) is 2.21. The van der Waals surface area contributed by atoms with Crippen molar-refractivity contribution in [3.8, 4) is 0 Å². The fraction of sp³-hybridized carbons (Fsp3) is 1.00. The zero-order valence-corrected chi connectivity index (χ0v) is 7.42. The second-order valence-corrected chi connectivity index (χ2v) is 3.04. The maximum atomic E-state index is 12.5. The summed E-state index contributed by atoms with van der Waals surface area (Å²) in [6.07, 6.45) is -19.6. The lowest BCUT2D eigenvalue weighted by Gasteiger charge is -2.30. The van der Waals surface area contributed by atoms with Crippen molar-refractivity contribution in [1.29, 1.82) is 0 Å². The van der Waals surface area contributed by atoms with Crippen LogP contribution >= 0.6 is 0 Å². The third-order valence-electron chi connectivity index (χ3n) is 1.84. The van der Waals surface area contributed by atoms with Gasteiger partial charge in [-0.3, -0.25) is 4.74 Å². The van der Waals surface area contributed by atoms with Crippen LogP contribution in [0.15, 0.2) is 0 Å². The molecule has 0 aromatic carbocycles. The van der Waals surface area contributed by atoms with Crippen LogP contribution in [-0.2, 0) is 9.47 Å². The molecule has 0 aromatic rings. The molecule has 10 heteroatoms. The summed E-state index contributed by atoms with van der Waals surface area (Å²) in [6, 6.07) is 0. The van der Waals surface area contributed by atoms with Gasteiger partial charge in [0.2, 0.25) is 0 Å². The Morgan fingerprint density at radius 1 is 0.938 bits per heavy atom. The van der Waals surface area contributed by atoms with Gasteiger partial charge in [-0.1, -0.05) is 0 Å². The smallest absolute Gasteiger partial charge is 0.323 e. The second-order valence-electron chi connectivity index (χ2n) is 3.04. The van der Waals surface area contributed by atoms with Crippen LogP contribution in [0.2, 0.25) is 0 Å². The summed E-state index contributed by atoms with van der Waals surface area (Å²) in [5.41, 5.74) is 0. The van der Waals surface area contributed by atoms with Gasteiger partial charge in [-0.25, -0.2) is 0 Å². The number of ether oxygens (including phenoxy) is 2. The van der Waals surface area contributed by atoms with Crippen molar-refractivity contribution in [1.82, 2.24) is 0 Å². The molecule has 0 aliphatic carbocycles. The van der Waals surface area contributed by atoms with E-state index in [0.29, 0.717) is 6.92 Å². The summed E-state index contributed by atoms with van der Waals surface area (Å²) in [5, 5.41) is 0. The standard InChI is InChI=1S/C6H4F8O2/c1-2-3(7,8)16-4(15-2,5(9,10)11)6(12,13)14/h2H,1H3. The van der Waals surface area contributed by atoms with Crippen molar-refractivity contribution in [2.45, 2.75) is 37.3 Å². The van der Waals surface area contributed by atoms with E-state index < -0.39 is 30.4 Å². The number of rotatable bonds is 0. The van der Waals surface area contributed by atoms with E-state index in [2.05, 4.69) is 9.47 Å². The molecule has 1 aliphatic rings. The van der Waals surface area contributed by atoms with Gasteiger partial charge in [-0.15, -0.1) is 0 Å². The maximum Gasteiger partial charge on any atom is 0.453 e. The summed E-state index contributed by atoms with van der Waals surface area (Å²) in [6.45, 7) is 0.346. The first-order valence-electron chi connectivity index (χ1n) is 3.73. The van der Waals surface area contributed by atoms with Crippen LogP contribution in [0.25, 0.3) is 0 Å². The Hall–Kier alpha value is -0.640. The summed E-state index contributed by atoms with van der Waals surface area (Å²) >= 11 is 0. The molecule has 0 N–H and O–H groups in total. The van der Waals surface area contributed by atoms with E-state index in [0.717, 1.165) is 0 Å². The molecular formula is C6H4F8O2. The summed E-state index contributed by atoms with van der Waals surface area (Å²) in [4.78, 5) is 0. The summed E-state index contributed by atoms with van der Waals surface area (Å²) in [7, 11) is 0. The summed E-state index contributed by atoms with van der Waals surface area (Å²) < 4.78 is 104. The average molecular weight is 260 g/mol. The Bertz CT molecular complexity index is 265. The molecule has 0 radical (unpaired) electrons. The number of hydrogen-bond acceptors (Lipinski definition) is 2. The van der Waals surface area contributed by atoms with Crippen molar-refractivity contribution in [2.75, 3.05) is 0 Å². The highest BCUT2D eigenvalue weighted by atomic mass is 19.4. The molecule has 0 aromatic heterocycles. The lowest BCUT2D eigenvalue weighted by atomic mass is 10.2. The predicted octanol–water partition coefficient (Wildman–Crippen LogP) is 2.84. The zero-order valence-electron chi connectivity index (χ0n) is 7.42. The molecule has 0 spiro atoms. The zero-order chi connectivity index (χ0) is 13.0. The van der Waals surface area contributed by atoms with E-state index in [1.807, 2.05) is 0 Å². The molecule has 1 saturated heterocycles. The largest absolute Gasteiger partial charge is 0.453 e. The Kier molecular flexibility index (Phi) is 2.67. The quantitative estimate of drug-likeness (QED) is 0.623. The molecule has 1 fully saturated rings. The maximum absolute atomic E-state index is 12.5. The second kappa shape index (κ2) is 3.19. The molecule has 2 nitrogen and oxygen atoms in total. The highest BCUT2D eigenvalue weighted by Crippen LogP contribution is 2.54. The first-order valence-corrected chi connectivity index (χ1v) is 3.73. The molecule has 1 unspecified atom stereocenters. The van der Waals surface area contributed by atoms with Crippen molar-refractivity contribution in [3.63, 3.8) is 0 Å². The van der Waals surface area contributed by atoms with Gasteiger partial charge in [0.25, 0.3) is 0 Å². The van der Waals surface area contributed by atoms with Crippen molar-refractivity contribution >= 4 is 0 Å². The van der Waals surface area contributed by atoms with Crippen LogP contribution in [0.4, 0.5) is 35.1 Å². The first-order chi connectivity index (χ1) is 6.83. The van der Waals surface area contributed by atoms with Crippen LogP contribution in [-0.4, -0.2) is 30.4 Å². The first kappa shape index (κ1) is 13.4. The van der Waals surface area contributed by atoms with Gasteiger partial charge < -0.3 is 4.74 Å². The van der Waals surface area contributed by atoms with Crippen molar-refractivity contribution in [3.05, 3.63) is 0 Å². The normalized spacial score (nSPS) is 29.4. The van der Waals surface area contributed by atoms with E-state index in [9.17, 15) is 35.1 Å². The Labute approximate surface area is 83.1 Å². The van der Waals surface area contributed by atoms with Gasteiger partial charge in [0.15, 0.2) is 0 Å². The van der Waals surface area contributed by atoms with E-state index >= 15 is 0 Å². The van der Waals surface area contributed by atoms with Gasteiger partial charge in [-0.2, -0.15) is 35.1 Å². The molecule has 1 rings (SSSR count). The Balaban J connectivity index is 3.22.